The van der Waals surface area contributed by atoms with Crippen molar-refractivity contribution < 1.29 is 13.2 Å². The van der Waals surface area contributed by atoms with Gasteiger partial charge in [0.15, 0.2) is 9.84 Å². The van der Waals surface area contributed by atoms with Crippen molar-refractivity contribution in [3.63, 3.8) is 0 Å². The number of rotatable bonds is 4. The Morgan fingerprint density at radius 1 is 1.33 bits per heavy atom. The Morgan fingerprint density at radius 2 is 1.90 bits per heavy atom. The normalized spacial score (nSPS) is 15.9. The fourth-order valence-electron chi connectivity index (χ4n) is 2.23. The van der Waals surface area contributed by atoms with Crippen molar-refractivity contribution in [2.75, 3.05) is 11.9 Å². The van der Waals surface area contributed by atoms with Gasteiger partial charge in [0.1, 0.15) is 4.75 Å². The zero-order chi connectivity index (χ0) is 16.0. The summed E-state index contributed by atoms with van der Waals surface area (Å²) in [5.41, 5.74) is 1.50. The SMILES string of the molecule is Cc1ccc(N(C)C(=O)C(C)(C)S(=O)(=O)C2CC2)cc1Cl. The highest BCUT2D eigenvalue weighted by Gasteiger charge is 2.51. The number of amides is 1. The molecular weight excluding hydrogens is 310 g/mol. The van der Waals surface area contributed by atoms with E-state index in [1.54, 1.807) is 19.2 Å². The van der Waals surface area contributed by atoms with Gasteiger partial charge in [0.05, 0.1) is 5.25 Å². The van der Waals surface area contributed by atoms with Gasteiger partial charge < -0.3 is 4.90 Å². The molecule has 0 radical (unpaired) electrons. The maximum Gasteiger partial charge on any atom is 0.247 e. The predicted octanol–water partition coefficient (Wildman–Crippen LogP) is 2.97. The summed E-state index contributed by atoms with van der Waals surface area (Å²) in [6, 6.07) is 5.25. The Labute approximate surface area is 131 Å². The number of sulfone groups is 1. The van der Waals surface area contributed by atoms with Crippen molar-refractivity contribution in [2.24, 2.45) is 0 Å². The number of aryl methyl sites for hydroxylation is 1. The van der Waals surface area contributed by atoms with Gasteiger partial charge >= 0.3 is 0 Å². The average molecular weight is 330 g/mol. The number of anilines is 1. The molecule has 1 aromatic rings. The summed E-state index contributed by atoms with van der Waals surface area (Å²) in [5, 5.41) is 0.182. The third-order valence-electron chi connectivity index (χ3n) is 4.04. The molecule has 0 N–H and O–H groups in total. The fraction of sp³-hybridized carbons (Fsp3) is 0.533. The minimum absolute atomic E-state index is 0.369. The van der Waals surface area contributed by atoms with Gasteiger partial charge in [0, 0.05) is 17.8 Å². The molecule has 0 saturated heterocycles. The molecule has 1 aromatic carbocycles. The third kappa shape index (κ3) is 2.81. The van der Waals surface area contributed by atoms with E-state index in [-0.39, 0.29) is 5.25 Å². The van der Waals surface area contributed by atoms with E-state index in [1.165, 1.54) is 18.7 Å². The molecule has 0 atom stereocenters. The second-order valence-electron chi connectivity index (χ2n) is 6.05. The van der Waals surface area contributed by atoms with Gasteiger partial charge in [-0.25, -0.2) is 8.42 Å². The lowest BCUT2D eigenvalue weighted by Gasteiger charge is -2.29. The van der Waals surface area contributed by atoms with Crippen molar-refractivity contribution in [1.29, 1.82) is 0 Å². The van der Waals surface area contributed by atoms with E-state index in [4.69, 9.17) is 11.6 Å². The first-order valence-corrected chi connectivity index (χ1v) is 8.79. The van der Waals surface area contributed by atoms with Crippen molar-refractivity contribution >= 4 is 33.0 Å². The maximum absolute atomic E-state index is 12.6. The Morgan fingerprint density at radius 3 is 2.38 bits per heavy atom. The van der Waals surface area contributed by atoms with E-state index in [9.17, 15) is 13.2 Å². The van der Waals surface area contributed by atoms with Crippen molar-refractivity contribution in [3.8, 4) is 0 Å². The highest BCUT2D eigenvalue weighted by atomic mass is 35.5. The first-order chi connectivity index (χ1) is 9.59. The van der Waals surface area contributed by atoms with Crippen LogP contribution in [-0.4, -0.2) is 31.4 Å². The average Bonchev–Trinajstić information content (AvgIpc) is 3.24. The van der Waals surface area contributed by atoms with E-state index in [0.717, 1.165) is 5.56 Å². The summed E-state index contributed by atoms with van der Waals surface area (Å²) in [6.45, 7) is 4.83. The molecule has 116 valence electrons. The van der Waals surface area contributed by atoms with Crippen LogP contribution in [0.5, 0.6) is 0 Å². The second-order valence-corrected chi connectivity index (χ2v) is 9.24. The van der Waals surface area contributed by atoms with Crippen LogP contribution in [0, 0.1) is 6.92 Å². The van der Waals surface area contributed by atoms with Crippen molar-refractivity contribution in [2.45, 2.75) is 43.6 Å². The quantitative estimate of drug-likeness (QED) is 0.853. The van der Waals surface area contributed by atoms with Crippen LogP contribution < -0.4 is 4.90 Å². The molecule has 0 unspecified atom stereocenters. The van der Waals surface area contributed by atoms with Crippen LogP contribution >= 0.6 is 11.6 Å². The van der Waals surface area contributed by atoms with Gasteiger partial charge in [-0.15, -0.1) is 0 Å². The summed E-state index contributed by atoms with van der Waals surface area (Å²) in [5.74, 6) is -0.436. The van der Waals surface area contributed by atoms with E-state index in [2.05, 4.69) is 0 Å². The summed E-state index contributed by atoms with van der Waals surface area (Å²) in [6.07, 6.45) is 1.30. The molecule has 21 heavy (non-hydrogen) atoms. The first kappa shape index (κ1) is 16.3. The van der Waals surface area contributed by atoms with Crippen LogP contribution in [0.4, 0.5) is 5.69 Å². The molecule has 2 rings (SSSR count). The molecule has 1 fully saturated rings. The molecule has 0 spiro atoms. The number of hydrogen-bond acceptors (Lipinski definition) is 3. The molecular formula is C15H20ClNO3S. The van der Waals surface area contributed by atoms with E-state index in [1.807, 2.05) is 13.0 Å². The minimum atomic E-state index is -3.46. The smallest absolute Gasteiger partial charge is 0.247 e. The summed E-state index contributed by atoms with van der Waals surface area (Å²) in [4.78, 5) is 14.0. The molecule has 0 aromatic heterocycles. The zero-order valence-electron chi connectivity index (χ0n) is 12.7. The zero-order valence-corrected chi connectivity index (χ0v) is 14.3. The monoisotopic (exact) mass is 329 g/mol. The first-order valence-electron chi connectivity index (χ1n) is 6.87. The van der Waals surface area contributed by atoms with Crippen LogP contribution in [0.1, 0.15) is 32.3 Å². The number of benzene rings is 1. The summed E-state index contributed by atoms with van der Waals surface area (Å²) in [7, 11) is -1.88. The van der Waals surface area contributed by atoms with Crippen LogP contribution in [0.15, 0.2) is 18.2 Å². The van der Waals surface area contributed by atoms with Crippen LogP contribution in [0.3, 0.4) is 0 Å². The second kappa shape index (κ2) is 5.29. The summed E-state index contributed by atoms with van der Waals surface area (Å²) >= 11 is 6.07. The van der Waals surface area contributed by atoms with Crippen molar-refractivity contribution in [1.82, 2.24) is 0 Å². The van der Waals surface area contributed by atoms with Crippen molar-refractivity contribution in [3.05, 3.63) is 28.8 Å². The van der Waals surface area contributed by atoms with Crippen LogP contribution in [0.25, 0.3) is 0 Å². The number of carbonyl (C=O) groups is 1. The molecule has 0 heterocycles. The van der Waals surface area contributed by atoms with Gasteiger partial charge in [-0.3, -0.25) is 4.79 Å². The van der Waals surface area contributed by atoms with Gasteiger partial charge in [-0.05, 0) is 51.3 Å². The number of nitrogens with zero attached hydrogens (tertiary/aromatic N) is 1. The Bertz CT molecular complexity index is 678. The molecule has 1 saturated carbocycles. The third-order valence-corrected chi connectivity index (χ3v) is 7.39. The number of halogens is 1. The topological polar surface area (TPSA) is 54.5 Å². The molecule has 4 nitrogen and oxygen atoms in total. The standard InChI is InChI=1S/C15H20ClNO3S/c1-10-5-6-11(9-13(10)16)17(4)14(18)15(2,3)21(19,20)12-7-8-12/h5-6,9,12H,7-8H2,1-4H3. The predicted molar refractivity (Wildman–Crippen MR) is 85.6 cm³/mol. The Kier molecular flexibility index (Phi) is 4.10. The Balaban J connectivity index is 2.32. The maximum atomic E-state index is 12.6. The number of hydrogen-bond donors (Lipinski definition) is 0. The van der Waals surface area contributed by atoms with Gasteiger partial charge in [-0.2, -0.15) is 0 Å². The molecule has 1 aliphatic rings. The Hall–Kier alpha value is -1.07. The van der Waals surface area contributed by atoms with Crippen LogP contribution in [-0.2, 0) is 14.6 Å². The van der Waals surface area contributed by atoms with E-state index in [0.29, 0.717) is 23.6 Å². The highest BCUT2D eigenvalue weighted by Crippen LogP contribution is 2.37. The molecule has 6 heteroatoms. The molecule has 1 amide bonds. The molecule has 0 aliphatic heterocycles. The lowest BCUT2D eigenvalue weighted by molar-refractivity contribution is -0.120. The summed E-state index contributed by atoms with van der Waals surface area (Å²) < 4.78 is 23.4. The lowest BCUT2D eigenvalue weighted by Crippen LogP contribution is -2.50. The molecule has 0 bridgehead atoms. The van der Waals surface area contributed by atoms with Gasteiger partial charge in [-0.1, -0.05) is 17.7 Å². The number of carbonyl (C=O) groups excluding carboxylic acids is 1. The van der Waals surface area contributed by atoms with Crippen LogP contribution in [0.2, 0.25) is 5.02 Å². The highest BCUT2D eigenvalue weighted by molar-refractivity contribution is 7.94. The van der Waals surface area contributed by atoms with Gasteiger partial charge in [0.2, 0.25) is 5.91 Å². The lowest BCUT2D eigenvalue weighted by atomic mass is 10.1. The van der Waals surface area contributed by atoms with Gasteiger partial charge in [0.25, 0.3) is 0 Å². The largest absolute Gasteiger partial charge is 0.314 e. The molecule has 1 aliphatic carbocycles. The fourth-order valence-corrected chi connectivity index (χ4v) is 4.37. The van der Waals surface area contributed by atoms with E-state index < -0.39 is 20.5 Å². The van der Waals surface area contributed by atoms with E-state index >= 15 is 0 Å². The minimum Gasteiger partial charge on any atom is -0.314 e.